The van der Waals surface area contributed by atoms with E-state index in [0.29, 0.717) is 12.1 Å². The monoisotopic (exact) mass is 264 g/mol. The minimum absolute atomic E-state index is 0.464. The third kappa shape index (κ3) is 4.44. The predicted molar refractivity (Wildman–Crippen MR) is 76.3 cm³/mol. The Kier molecular flexibility index (Phi) is 5.10. The first kappa shape index (κ1) is 14.2. The van der Waals surface area contributed by atoms with Gasteiger partial charge in [-0.05, 0) is 12.8 Å². The zero-order valence-corrected chi connectivity index (χ0v) is 12.1. The molecule has 1 fully saturated rings. The molecule has 1 aromatic rings. The van der Waals surface area contributed by atoms with E-state index in [1.807, 2.05) is 12.4 Å². The zero-order chi connectivity index (χ0) is 13.7. The second-order valence-corrected chi connectivity index (χ2v) is 5.32. The summed E-state index contributed by atoms with van der Waals surface area (Å²) in [7, 11) is 1.73. The van der Waals surface area contributed by atoms with Crippen LogP contribution in [-0.4, -0.2) is 42.3 Å². The van der Waals surface area contributed by atoms with Crippen molar-refractivity contribution >= 4 is 5.82 Å². The molecule has 1 aromatic heterocycles. The molecule has 1 saturated carbocycles. The molecule has 0 aliphatic heterocycles. The van der Waals surface area contributed by atoms with Gasteiger partial charge in [0, 0.05) is 32.3 Å². The molecule has 0 saturated heterocycles. The van der Waals surface area contributed by atoms with E-state index in [9.17, 15) is 0 Å². The minimum Gasteiger partial charge on any atom is -0.383 e. The van der Waals surface area contributed by atoms with Crippen molar-refractivity contribution in [3.05, 3.63) is 18.1 Å². The third-order valence-electron chi connectivity index (χ3n) is 3.20. The summed E-state index contributed by atoms with van der Waals surface area (Å²) >= 11 is 0. The number of ether oxygens (including phenoxy) is 1. The Hall–Kier alpha value is -1.20. The molecule has 106 valence electrons. The van der Waals surface area contributed by atoms with Crippen molar-refractivity contribution in [1.29, 1.82) is 0 Å². The summed E-state index contributed by atoms with van der Waals surface area (Å²) in [6, 6.07) is 1.09. The summed E-state index contributed by atoms with van der Waals surface area (Å²) in [6.07, 6.45) is 6.25. The SMILES string of the molecule is COCCN(c1cnc(CNC(C)C)cn1)C1CC1. The van der Waals surface area contributed by atoms with Crippen LogP contribution in [0.5, 0.6) is 0 Å². The second kappa shape index (κ2) is 6.82. The predicted octanol–water partition coefficient (Wildman–Crippen LogP) is 1.59. The van der Waals surface area contributed by atoms with E-state index < -0.39 is 0 Å². The molecule has 0 bridgehead atoms. The second-order valence-electron chi connectivity index (χ2n) is 5.32. The first-order valence-corrected chi connectivity index (χ1v) is 7.00. The number of methoxy groups -OCH3 is 1. The Labute approximate surface area is 115 Å². The molecule has 0 unspecified atom stereocenters. The first-order valence-electron chi connectivity index (χ1n) is 7.00. The van der Waals surface area contributed by atoms with E-state index >= 15 is 0 Å². The van der Waals surface area contributed by atoms with Crippen molar-refractivity contribution in [2.45, 2.75) is 45.3 Å². The molecule has 0 atom stereocenters. The van der Waals surface area contributed by atoms with Crippen molar-refractivity contribution in [2.75, 3.05) is 25.2 Å². The first-order chi connectivity index (χ1) is 9.20. The molecule has 19 heavy (non-hydrogen) atoms. The van der Waals surface area contributed by atoms with Crippen molar-refractivity contribution < 1.29 is 4.74 Å². The standard InChI is InChI=1S/C14H24N4O/c1-11(2)15-8-12-9-17-14(10-16-12)18(6-7-19-3)13-4-5-13/h9-11,13,15H,4-8H2,1-3H3. The molecule has 5 heteroatoms. The zero-order valence-electron chi connectivity index (χ0n) is 12.1. The Morgan fingerprint density at radius 2 is 2.16 bits per heavy atom. The summed E-state index contributed by atoms with van der Waals surface area (Å²) in [4.78, 5) is 11.3. The van der Waals surface area contributed by atoms with Gasteiger partial charge in [0.2, 0.25) is 0 Å². The van der Waals surface area contributed by atoms with Gasteiger partial charge in [0.05, 0.1) is 24.7 Å². The minimum atomic E-state index is 0.464. The van der Waals surface area contributed by atoms with Crippen molar-refractivity contribution in [3.8, 4) is 0 Å². The summed E-state index contributed by atoms with van der Waals surface area (Å²) in [5.74, 6) is 0.966. The molecular weight excluding hydrogens is 240 g/mol. The van der Waals surface area contributed by atoms with Crippen LogP contribution < -0.4 is 10.2 Å². The third-order valence-corrected chi connectivity index (χ3v) is 3.20. The molecule has 0 aromatic carbocycles. The van der Waals surface area contributed by atoms with Gasteiger partial charge in [-0.1, -0.05) is 13.8 Å². The Balaban J connectivity index is 1.95. The molecule has 1 N–H and O–H groups in total. The van der Waals surface area contributed by atoms with Gasteiger partial charge in [-0.3, -0.25) is 4.98 Å². The molecule has 2 rings (SSSR count). The highest BCUT2D eigenvalue weighted by Crippen LogP contribution is 2.29. The van der Waals surface area contributed by atoms with E-state index in [1.54, 1.807) is 7.11 Å². The van der Waals surface area contributed by atoms with Gasteiger partial charge in [-0.15, -0.1) is 0 Å². The van der Waals surface area contributed by atoms with Gasteiger partial charge in [0.15, 0.2) is 0 Å². The van der Waals surface area contributed by atoms with Crippen LogP contribution in [-0.2, 0) is 11.3 Å². The molecule has 1 aliphatic rings. The van der Waals surface area contributed by atoms with Crippen molar-refractivity contribution in [3.63, 3.8) is 0 Å². The van der Waals surface area contributed by atoms with Crippen molar-refractivity contribution in [2.24, 2.45) is 0 Å². The lowest BCUT2D eigenvalue weighted by molar-refractivity contribution is 0.204. The smallest absolute Gasteiger partial charge is 0.147 e. The van der Waals surface area contributed by atoms with E-state index in [2.05, 4.69) is 34.0 Å². The fourth-order valence-electron chi connectivity index (χ4n) is 1.96. The van der Waals surface area contributed by atoms with Crippen LogP contribution in [0, 0.1) is 0 Å². The number of nitrogens with zero attached hydrogens (tertiary/aromatic N) is 3. The molecule has 0 radical (unpaired) electrons. The van der Waals surface area contributed by atoms with Gasteiger partial charge in [0.1, 0.15) is 5.82 Å². The molecule has 5 nitrogen and oxygen atoms in total. The van der Waals surface area contributed by atoms with E-state index in [1.165, 1.54) is 12.8 Å². The van der Waals surface area contributed by atoms with E-state index in [4.69, 9.17) is 4.74 Å². The van der Waals surface area contributed by atoms with Gasteiger partial charge in [-0.25, -0.2) is 4.98 Å². The quantitative estimate of drug-likeness (QED) is 0.772. The van der Waals surface area contributed by atoms with Gasteiger partial charge >= 0.3 is 0 Å². The Bertz CT molecular complexity index is 376. The van der Waals surface area contributed by atoms with Crippen LogP contribution in [0.4, 0.5) is 5.82 Å². The lowest BCUT2D eigenvalue weighted by atomic mass is 10.3. The number of nitrogens with one attached hydrogen (secondary N) is 1. The molecule has 0 amide bonds. The fourth-order valence-corrected chi connectivity index (χ4v) is 1.96. The highest BCUT2D eigenvalue weighted by molar-refractivity contribution is 5.39. The molecule has 1 heterocycles. The summed E-state index contributed by atoms with van der Waals surface area (Å²) in [6.45, 7) is 6.64. The normalized spacial score (nSPS) is 14.9. The summed E-state index contributed by atoms with van der Waals surface area (Å²) < 4.78 is 5.16. The molecular formula is C14H24N4O. The highest BCUT2D eigenvalue weighted by Gasteiger charge is 2.29. The summed E-state index contributed by atoms with van der Waals surface area (Å²) in [5.41, 5.74) is 0.986. The van der Waals surface area contributed by atoms with Gasteiger partial charge in [0.25, 0.3) is 0 Å². The number of hydrogen-bond donors (Lipinski definition) is 1. The number of aromatic nitrogens is 2. The largest absolute Gasteiger partial charge is 0.383 e. The number of hydrogen-bond acceptors (Lipinski definition) is 5. The van der Waals surface area contributed by atoms with E-state index in [-0.39, 0.29) is 0 Å². The van der Waals surface area contributed by atoms with Crippen LogP contribution in [0.15, 0.2) is 12.4 Å². The maximum Gasteiger partial charge on any atom is 0.147 e. The van der Waals surface area contributed by atoms with Gasteiger partial charge in [-0.2, -0.15) is 0 Å². The Morgan fingerprint density at radius 3 is 2.68 bits per heavy atom. The average molecular weight is 264 g/mol. The number of anilines is 1. The van der Waals surface area contributed by atoms with Crippen LogP contribution in [0.1, 0.15) is 32.4 Å². The molecule has 0 spiro atoms. The van der Waals surface area contributed by atoms with Crippen LogP contribution in [0.25, 0.3) is 0 Å². The lowest BCUT2D eigenvalue weighted by Gasteiger charge is -2.22. The number of rotatable bonds is 8. The Morgan fingerprint density at radius 1 is 1.37 bits per heavy atom. The molecule has 1 aliphatic carbocycles. The van der Waals surface area contributed by atoms with Crippen LogP contribution in [0.3, 0.4) is 0 Å². The average Bonchev–Trinajstić information content (AvgIpc) is 3.23. The summed E-state index contributed by atoms with van der Waals surface area (Å²) in [5, 5.41) is 3.34. The van der Waals surface area contributed by atoms with Crippen LogP contribution >= 0.6 is 0 Å². The maximum absolute atomic E-state index is 5.16. The highest BCUT2D eigenvalue weighted by atomic mass is 16.5. The van der Waals surface area contributed by atoms with Crippen molar-refractivity contribution in [1.82, 2.24) is 15.3 Å². The van der Waals surface area contributed by atoms with Crippen LogP contribution in [0.2, 0.25) is 0 Å². The maximum atomic E-state index is 5.16. The fraction of sp³-hybridized carbons (Fsp3) is 0.714. The van der Waals surface area contributed by atoms with Gasteiger partial charge < -0.3 is 15.0 Å². The lowest BCUT2D eigenvalue weighted by Crippen LogP contribution is -2.30. The van der Waals surface area contributed by atoms with E-state index in [0.717, 1.165) is 31.2 Å². The topological polar surface area (TPSA) is 50.3 Å².